The first kappa shape index (κ1) is 21.4. The van der Waals surface area contributed by atoms with Crippen molar-refractivity contribution in [1.82, 2.24) is 19.4 Å². The Balaban J connectivity index is 1.26. The summed E-state index contributed by atoms with van der Waals surface area (Å²) in [5.41, 5.74) is 1.42. The summed E-state index contributed by atoms with van der Waals surface area (Å²) in [7, 11) is 2.23. The number of likely N-dealkylation sites (tertiary alicyclic amines) is 1. The molecule has 166 valence electrons. The molecule has 0 unspecified atom stereocenters. The molecule has 2 aliphatic rings. The fourth-order valence-electron chi connectivity index (χ4n) is 4.71. The Hall–Kier alpha value is -2.46. The summed E-state index contributed by atoms with van der Waals surface area (Å²) in [6, 6.07) is 11.8. The van der Waals surface area contributed by atoms with E-state index >= 15 is 0 Å². The van der Waals surface area contributed by atoms with Crippen molar-refractivity contribution < 1.29 is 4.74 Å². The first-order chi connectivity index (χ1) is 15.6. The Bertz CT molecular complexity index is 1130. The minimum absolute atomic E-state index is 0.151. The molecule has 5 rings (SSSR count). The van der Waals surface area contributed by atoms with Crippen molar-refractivity contribution in [2.45, 2.75) is 25.5 Å². The molecule has 0 saturated carbocycles. The van der Waals surface area contributed by atoms with E-state index in [9.17, 15) is 4.79 Å². The van der Waals surface area contributed by atoms with Gasteiger partial charge in [0.1, 0.15) is 18.2 Å². The topological polar surface area (TPSA) is 63.5 Å². The van der Waals surface area contributed by atoms with Gasteiger partial charge in [-0.3, -0.25) is 14.3 Å². The lowest BCUT2D eigenvalue weighted by Gasteiger charge is -2.33. The lowest BCUT2D eigenvalue weighted by molar-refractivity contribution is 0.158. The normalized spacial score (nSPS) is 20.9. The summed E-state index contributed by atoms with van der Waals surface area (Å²) in [5, 5.41) is 0. The number of pyridine rings is 3. The number of hydrogen-bond acceptors (Lipinski definition) is 6. The number of piperidine rings is 1. The van der Waals surface area contributed by atoms with Crippen LogP contribution in [-0.2, 0) is 6.61 Å². The number of nitrogens with zero attached hydrogens (tertiary/aromatic N) is 5. The lowest BCUT2D eigenvalue weighted by Crippen LogP contribution is -2.42. The smallest absolute Gasteiger partial charge is 0.258 e. The molecule has 8 heteroatoms. The number of likely N-dealkylation sites (N-methyl/N-ethyl adjacent to an activating group) is 1. The molecular formula is C24H26IN5O2. The number of fused-ring (bicyclic) bond motifs is 1. The fourth-order valence-corrected chi connectivity index (χ4v) is 5.03. The third kappa shape index (κ3) is 4.52. The van der Waals surface area contributed by atoms with Gasteiger partial charge >= 0.3 is 0 Å². The largest absolute Gasteiger partial charge is 0.487 e. The zero-order valence-electron chi connectivity index (χ0n) is 18.0. The molecular weight excluding hydrogens is 517 g/mol. The number of halogens is 1. The molecule has 3 aromatic rings. The summed E-state index contributed by atoms with van der Waals surface area (Å²) in [6.45, 7) is 3.59. The molecule has 3 aromatic heterocycles. The SMILES string of the molecule is CN1CCC[C@@H]2CN(c3ccc(-n4ccc(OCc5ccc(I)cn5)cc4=O)cn3)C[C@@H]21. The van der Waals surface area contributed by atoms with Gasteiger partial charge in [0.2, 0.25) is 0 Å². The number of ether oxygens (including phenoxy) is 1. The molecule has 5 heterocycles. The van der Waals surface area contributed by atoms with E-state index in [-0.39, 0.29) is 5.56 Å². The van der Waals surface area contributed by atoms with Crippen LogP contribution >= 0.6 is 22.6 Å². The lowest BCUT2D eigenvalue weighted by atomic mass is 9.93. The molecule has 0 bridgehead atoms. The van der Waals surface area contributed by atoms with Gasteiger partial charge in [-0.05, 0) is 85.3 Å². The Labute approximate surface area is 201 Å². The molecule has 2 aliphatic heterocycles. The molecule has 0 N–H and O–H groups in total. The molecule has 0 aromatic carbocycles. The Kier molecular flexibility index (Phi) is 6.14. The maximum Gasteiger partial charge on any atom is 0.258 e. The third-order valence-corrected chi connectivity index (χ3v) is 7.10. The average Bonchev–Trinajstić information content (AvgIpc) is 3.25. The van der Waals surface area contributed by atoms with Crippen molar-refractivity contribution in [3.8, 4) is 11.4 Å². The monoisotopic (exact) mass is 543 g/mol. The van der Waals surface area contributed by atoms with E-state index in [0.717, 1.165) is 39.8 Å². The predicted octanol–water partition coefficient (Wildman–Crippen LogP) is 3.34. The summed E-state index contributed by atoms with van der Waals surface area (Å²) < 4.78 is 8.40. The van der Waals surface area contributed by atoms with E-state index in [0.29, 0.717) is 18.4 Å². The van der Waals surface area contributed by atoms with Gasteiger partial charge in [-0.15, -0.1) is 0 Å². The van der Waals surface area contributed by atoms with Crippen LogP contribution in [0.3, 0.4) is 0 Å². The quantitative estimate of drug-likeness (QED) is 0.461. The Morgan fingerprint density at radius 3 is 2.75 bits per heavy atom. The van der Waals surface area contributed by atoms with Crippen LogP contribution < -0.4 is 15.2 Å². The molecule has 0 aliphatic carbocycles. The van der Waals surface area contributed by atoms with E-state index in [2.05, 4.69) is 49.4 Å². The Morgan fingerprint density at radius 2 is 2.03 bits per heavy atom. The van der Waals surface area contributed by atoms with Crippen LogP contribution in [0, 0.1) is 9.49 Å². The first-order valence-corrected chi connectivity index (χ1v) is 12.0. The number of rotatable bonds is 5. The Morgan fingerprint density at radius 1 is 1.12 bits per heavy atom. The van der Waals surface area contributed by atoms with E-state index in [1.165, 1.54) is 25.5 Å². The highest BCUT2D eigenvalue weighted by molar-refractivity contribution is 14.1. The zero-order chi connectivity index (χ0) is 22.1. The van der Waals surface area contributed by atoms with Gasteiger partial charge in [0.05, 0.1) is 17.6 Å². The van der Waals surface area contributed by atoms with E-state index in [1.54, 1.807) is 29.2 Å². The van der Waals surface area contributed by atoms with E-state index < -0.39 is 0 Å². The predicted molar refractivity (Wildman–Crippen MR) is 132 cm³/mol. The number of anilines is 1. The second kappa shape index (κ2) is 9.19. The zero-order valence-corrected chi connectivity index (χ0v) is 20.2. The minimum Gasteiger partial charge on any atom is -0.487 e. The first-order valence-electron chi connectivity index (χ1n) is 10.9. The van der Waals surface area contributed by atoms with Crippen LogP contribution in [0.4, 0.5) is 5.82 Å². The van der Waals surface area contributed by atoms with Gasteiger partial charge in [0, 0.05) is 41.2 Å². The fraction of sp³-hybridized carbons (Fsp3) is 0.375. The van der Waals surface area contributed by atoms with Crippen molar-refractivity contribution in [2.24, 2.45) is 5.92 Å². The summed E-state index contributed by atoms with van der Waals surface area (Å²) in [4.78, 5) is 26.5. The van der Waals surface area contributed by atoms with Crippen LogP contribution in [0.2, 0.25) is 0 Å². The van der Waals surface area contributed by atoms with Gasteiger partial charge in [0.25, 0.3) is 5.56 Å². The number of hydrogen-bond donors (Lipinski definition) is 0. The van der Waals surface area contributed by atoms with Crippen molar-refractivity contribution >= 4 is 28.4 Å². The summed E-state index contributed by atoms with van der Waals surface area (Å²) >= 11 is 2.21. The van der Waals surface area contributed by atoms with E-state index in [4.69, 9.17) is 4.74 Å². The van der Waals surface area contributed by atoms with Gasteiger partial charge in [-0.2, -0.15) is 0 Å². The van der Waals surface area contributed by atoms with Gasteiger partial charge in [0.15, 0.2) is 0 Å². The number of aromatic nitrogens is 3. The highest BCUT2D eigenvalue weighted by Gasteiger charge is 2.37. The van der Waals surface area contributed by atoms with E-state index in [1.807, 2.05) is 24.3 Å². The highest BCUT2D eigenvalue weighted by Crippen LogP contribution is 2.31. The maximum absolute atomic E-state index is 12.7. The molecule has 0 spiro atoms. The molecule has 0 radical (unpaired) electrons. The van der Waals surface area contributed by atoms with Gasteiger partial charge in [-0.25, -0.2) is 4.98 Å². The minimum atomic E-state index is -0.151. The van der Waals surface area contributed by atoms with Crippen molar-refractivity contribution in [3.05, 3.63) is 74.6 Å². The summed E-state index contributed by atoms with van der Waals surface area (Å²) in [5.74, 6) is 2.23. The van der Waals surface area contributed by atoms with Crippen LogP contribution in [0.25, 0.3) is 5.69 Å². The molecule has 2 fully saturated rings. The second-order valence-electron chi connectivity index (χ2n) is 8.56. The standard InChI is InChI=1S/C24H26IN5O2/c1-28-9-2-3-17-14-29(15-22(17)28)23-7-6-20(13-27-23)30-10-8-21(11-24(30)31)32-16-19-5-4-18(25)12-26-19/h4-8,10-13,17,22H,2-3,9,14-16H2,1H3/t17-,22+/m1/s1. The molecule has 7 nitrogen and oxygen atoms in total. The highest BCUT2D eigenvalue weighted by atomic mass is 127. The maximum atomic E-state index is 12.7. The summed E-state index contributed by atoms with van der Waals surface area (Å²) in [6.07, 6.45) is 7.88. The third-order valence-electron chi connectivity index (χ3n) is 6.46. The van der Waals surface area contributed by atoms with Gasteiger partial charge < -0.3 is 14.5 Å². The average molecular weight is 543 g/mol. The molecule has 0 amide bonds. The van der Waals surface area contributed by atoms with Crippen molar-refractivity contribution in [3.63, 3.8) is 0 Å². The molecule has 2 atom stereocenters. The van der Waals surface area contributed by atoms with Crippen LogP contribution in [0.5, 0.6) is 5.75 Å². The van der Waals surface area contributed by atoms with Crippen LogP contribution in [0.15, 0.2) is 59.8 Å². The molecule has 32 heavy (non-hydrogen) atoms. The van der Waals surface area contributed by atoms with Crippen molar-refractivity contribution in [1.29, 1.82) is 0 Å². The van der Waals surface area contributed by atoms with Gasteiger partial charge in [-0.1, -0.05) is 0 Å². The second-order valence-corrected chi connectivity index (χ2v) is 9.80. The van der Waals surface area contributed by atoms with Crippen molar-refractivity contribution in [2.75, 3.05) is 31.6 Å². The van der Waals surface area contributed by atoms with Crippen LogP contribution in [-0.4, -0.2) is 52.2 Å². The molecule has 2 saturated heterocycles. The van der Waals surface area contributed by atoms with Crippen LogP contribution in [0.1, 0.15) is 18.5 Å².